The van der Waals surface area contributed by atoms with E-state index in [0.717, 1.165) is 16.0 Å². The molecule has 0 fully saturated rings. The summed E-state index contributed by atoms with van der Waals surface area (Å²) in [6.45, 7) is 3.49. The summed E-state index contributed by atoms with van der Waals surface area (Å²) in [6.07, 6.45) is 3.34. The van der Waals surface area contributed by atoms with E-state index in [1.807, 2.05) is 6.07 Å². The van der Waals surface area contributed by atoms with Crippen molar-refractivity contribution in [2.24, 2.45) is 5.73 Å². The van der Waals surface area contributed by atoms with Crippen molar-refractivity contribution in [3.05, 3.63) is 69.8 Å². The molecule has 4 rings (SSSR count). The van der Waals surface area contributed by atoms with E-state index in [0.29, 0.717) is 21.3 Å². The number of amides is 1. The van der Waals surface area contributed by atoms with Crippen LogP contribution in [0.25, 0.3) is 26.2 Å². The average Bonchev–Trinajstić information content (AvgIpc) is 3.13. The number of nitrogens with zero attached hydrogens (tertiary/aromatic N) is 2. The summed E-state index contributed by atoms with van der Waals surface area (Å²) in [4.78, 5) is 30.6. The van der Waals surface area contributed by atoms with Gasteiger partial charge in [0.2, 0.25) is 0 Å². The lowest BCUT2D eigenvalue weighted by Crippen LogP contribution is -2.27. The molecule has 146 valence electrons. The van der Waals surface area contributed by atoms with Gasteiger partial charge in [0.15, 0.2) is 0 Å². The first kappa shape index (κ1) is 18.7. The number of benzene rings is 1. The number of phenolic OH excluding ortho intramolecular Hbond substituents is 1. The fourth-order valence-corrected chi connectivity index (χ4v) is 4.67. The van der Waals surface area contributed by atoms with Gasteiger partial charge in [-0.2, -0.15) is 0 Å². The van der Waals surface area contributed by atoms with Gasteiger partial charge in [-0.05, 0) is 37.6 Å². The number of phenols is 1. The van der Waals surface area contributed by atoms with Crippen molar-refractivity contribution in [3.63, 3.8) is 0 Å². The molecule has 0 spiro atoms. The van der Waals surface area contributed by atoms with Crippen molar-refractivity contribution in [1.82, 2.24) is 9.55 Å². The number of nitrogens with two attached hydrogens (primary N) is 2. The Morgan fingerprint density at radius 3 is 2.66 bits per heavy atom. The van der Waals surface area contributed by atoms with E-state index in [1.54, 1.807) is 50.5 Å². The summed E-state index contributed by atoms with van der Waals surface area (Å²) in [5.41, 5.74) is 14.1. The third-order valence-corrected chi connectivity index (χ3v) is 6.11. The highest BCUT2D eigenvalue weighted by Crippen LogP contribution is 2.37. The van der Waals surface area contributed by atoms with Gasteiger partial charge in [0.1, 0.15) is 11.6 Å². The zero-order valence-corrected chi connectivity index (χ0v) is 16.6. The monoisotopic (exact) mass is 406 g/mol. The predicted octanol–water partition coefficient (Wildman–Crippen LogP) is 3.12. The Morgan fingerprint density at radius 2 is 2.00 bits per heavy atom. The van der Waals surface area contributed by atoms with E-state index in [2.05, 4.69) is 4.98 Å². The lowest BCUT2D eigenvalue weighted by Gasteiger charge is -2.18. The molecule has 1 aromatic carbocycles. The van der Waals surface area contributed by atoms with Gasteiger partial charge in [-0.3, -0.25) is 19.1 Å². The van der Waals surface area contributed by atoms with Crippen molar-refractivity contribution >= 4 is 33.1 Å². The zero-order valence-electron chi connectivity index (χ0n) is 15.8. The lowest BCUT2D eigenvalue weighted by molar-refractivity contribution is 0.100. The van der Waals surface area contributed by atoms with Gasteiger partial charge in [-0.15, -0.1) is 11.3 Å². The molecule has 0 saturated heterocycles. The molecule has 0 saturated carbocycles. The van der Waals surface area contributed by atoms with Crippen molar-refractivity contribution in [3.8, 4) is 21.9 Å². The average molecular weight is 406 g/mol. The van der Waals surface area contributed by atoms with Gasteiger partial charge in [0.05, 0.1) is 21.3 Å². The van der Waals surface area contributed by atoms with E-state index in [4.69, 9.17) is 11.5 Å². The standard InChI is InChI=1S/C21H18N4O3S/c1-10-5-6-14(26)11(2)17(10)25-19(22)16(20(23)27)18-13(21(25)28)8-15(29-18)12-4-3-7-24-9-12/h3-9,26H,22H2,1-2H3,(H2,23,27). The molecule has 0 aliphatic rings. The van der Waals surface area contributed by atoms with E-state index in [-0.39, 0.29) is 22.7 Å². The maximum Gasteiger partial charge on any atom is 0.265 e. The number of thiophene rings is 1. The Morgan fingerprint density at radius 1 is 1.24 bits per heavy atom. The molecular weight excluding hydrogens is 388 g/mol. The number of carbonyl (C=O) groups is 1. The highest BCUT2D eigenvalue weighted by atomic mass is 32.1. The number of hydrogen-bond acceptors (Lipinski definition) is 6. The molecule has 0 bridgehead atoms. The Balaban J connectivity index is 2.15. The summed E-state index contributed by atoms with van der Waals surface area (Å²) in [6, 6.07) is 8.61. The summed E-state index contributed by atoms with van der Waals surface area (Å²) in [5, 5.41) is 10.5. The molecule has 1 amide bonds. The third kappa shape index (κ3) is 2.85. The number of aromatic nitrogens is 2. The van der Waals surface area contributed by atoms with Crippen LogP contribution in [0.2, 0.25) is 0 Å². The Bertz CT molecular complexity index is 1340. The Kier molecular flexibility index (Phi) is 4.35. The molecule has 0 unspecified atom stereocenters. The second kappa shape index (κ2) is 6.75. The highest BCUT2D eigenvalue weighted by Gasteiger charge is 2.24. The van der Waals surface area contributed by atoms with Crippen molar-refractivity contribution in [2.75, 3.05) is 5.73 Å². The summed E-state index contributed by atoms with van der Waals surface area (Å²) in [5.74, 6) is -0.748. The molecule has 8 heteroatoms. The molecule has 5 N–H and O–H groups in total. The highest BCUT2D eigenvalue weighted by molar-refractivity contribution is 7.22. The fraction of sp³-hybridized carbons (Fsp3) is 0.0952. The molecular formula is C21H18N4O3S. The van der Waals surface area contributed by atoms with Crippen molar-refractivity contribution < 1.29 is 9.90 Å². The second-order valence-corrected chi connectivity index (χ2v) is 7.79. The molecule has 0 radical (unpaired) electrons. The number of nitrogen functional groups attached to an aromatic ring is 1. The number of anilines is 1. The first-order chi connectivity index (χ1) is 13.8. The van der Waals surface area contributed by atoms with Crippen LogP contribution in [-0.2, 0) is 0 Å². The first-order valence-electron chi connectivity index (χ1n) is 8.79. The minimum Gasteiger partial charge on any atom is -0.508 e. The number of hydrogen-bond donors (Lipinski definition) is 3. The summed E-state index contributed by atoms with van der Waals surface area (Å²) >= 11 is 1.27. The summed E-state index contributed by atoms with van der Waals surface area (Å²) in [7, 11) is 0. The van der Waals surface area contributed by atoms with Gasteiger partial charge >= 0.3 is 0 Å². The van der Waals surface area contributed by atoms with E-state index in [1.165, 1.54) is 15.9 Å². The van der Waals surface area contributed by atoms with Gasteiger partial charge in [-0.25, -0.2) is 0 Å². The Hall–Kier alpha value is -3.65. The van der Waals surface area contributed by atoms with Crippen LogP contribution in [-0.4, -0.2) is 20.6 Å². The Labute approximate surface area is 169 Å². The minimum absolute atomic E-state index is 0.0268. The number of aryl methyl sites for hydroxylation is 1. The molecule has 0 atom stereocenters. The van der Waals surface area contributed by atoms with Gasteiger partial charge < -0.3 is 16.6 Å². The predicted molar refractivity (Wildman–Crippen MR) is 115 cm³/mol. The maximum atomic E-state index is 13.4. The lowest BCUT2D eigenvalue weighted by atomic mass is 10.1. The van der Waals surface area contributed by atoms with Crippen LogP contribution in [0.3, 0.4) is 0 Å². The normalized spacial score (nSPS) is 11.1. The summed E-state index contributed by atoms with van der Waals surface area (Å²) < 4.78 is 1.69. The number of pyridine rings is 2. The smallest absolute Gasteiger partial charge is 0.265 e. The number of rotatable bonds is 3. The molecule has 3 heterocycles. The van der Waals surface area contributed by atoms with Crippen molar-refractivity contribution in [1.29, 1.82) is 0 Å². The molecule has 29 heavy (non-hydrogen) atoms. The number of carbonyl (C=O) groups excluding carboxylic acids is 1. The van der Waals surface area contributed by atoms with Crippen LogP contribution < -0.4 is 17.0 Å². The van der Waals surface area contributed by atoms with Crippen molar-refractivity contribution in [2.45, 2.75) is 13.8 Å². The molecule has 4 aromatic rings. The van der Waals surface area contributed by atoms with Crippen LogP contribution in [0, 0.1) is 13.8 Å². The van der Waals surface area contributed by atoms with E-state index < -0.39 is 5.91 Å². The number of aromatic hydroxyl groups is 1. The molecule has 3 aromatic heterocycles. The molecule has 0 aliphatic heterocycles. The van der Waals surface area contributed by atoms with Crippen LogP contribution in [0.1, 0.15) is 21.5 Å². The fourth-order valence-electron chi connectivity index (χ4n) is 3.47. The first-order valence-corrected chi connectivity index (χ1v) is 9.60. The van der Waals surface area contributed by atoms with E-state index >= 15 is 0 Å². The van der Waals surface area contributed by atoms with Crippen LogP contribution >= 0.6 is 11.3 Å². The SMILES string of the molecule is Cc1ccc(O)c(C)c1-n1c(N)c(C(N)=O)c2sc(-c3cccnc3)cc2c1=O. The number of fused-ring (bicyclic) bond motifs is 1. The van der Waals surface area contributed by atoms with Gasteiger partial charge in [0, 0.05) is 28.4 Å². The van der Waals surface area contributed by atoms with Crippen LogP contribution in [0.4, 0.5) is 5.82 Å². The topological polar surface area (TPSA) is 124 Å². The van der Waals surface area contributed by atoms with Gasteiger partial charge in [0.25, 0.3) is 11.5 Å². The molecule has 7 nitrogen and oxygen atoms in total. The second-order valence-electron chi connectivity index (χ2n) is 6.74. The van der Waals surface area contributed by atoms with Crippen LogP contribution in [0.5, 0.6) is 5.75 Å². The quantitative estimate of drug-likeness (QED) is 0.482. The minimum atomic E-state index is -0.726. The van der Waals surface area contributed by atoms with E-state index in [9.17, 15) is 14.7 Å². The number of primary amides is 1. The third-order valence-electron chi connectivity index (χ3n) is 4.91. The van der Waals surface area contributed by atoms with Crippen LogP contribution in [0.15, 0.2) is 47.5 Å². The molecule has 0 aliphatic carbocycles. The largest absolute Gasteiger partial charge is 0.508 e. The maximum absolute atomic E-state index is 13.4. The van der Waals surface area contributed by atoms with Gasteiger partial charge in [-0.1, -0.05) is 12.1 Å². The zero-order chi connectivity index (χ0) is 20.9.